The van der Waals surface area contributed by atoms with Gasteiger partial charge in [0.25, 0.3) is 0 Å². The van der Waals surface area contributed by atoms with E-state index in [0.717, 1.165) is 0 Å². The van der Waals surface area contributed by atoms with Gasteiger partial charge < -0.3 is 9.47 Å². The molecule has 0 N–H and O–H groups in total. The van der Waals surface area contributed by atoms with E-state index in [9.17, 15) is 9.59 Å². The Balaban J connectivity index is 4.14. The second-order valence-electron chi connectivity index (χ2n) is 3.58. The molecule has 0 aliphatic carbocycles. The molecule has 0 heterocycles. The number of rotatable bonds is 5. The predicted molar refractivity (Wildman–Crippen MR) is 56.1 cm³/mol. The van der Waals surface area contributed by atoms with Crippen molar-refractivity contribution in [2.75, 3.05) is 13.7 Å². The van der Waals surface area contributed by atoms with E-state index in [1.54, 1.807) is 13.8 Å². The van der Waals surface area contributed by atoms with Crippen molar-refractivity contribution in [2.45, 2.75) is 13.8 Å². The summed E-state index contributed by atoms with van der Waals surface area (Å²) >= 11 is 0. The lowest BCUT2D eigenvalue weighted by molar-refractivity contribution is -0.157. The number of carbonyl (C=O) groups is 2. The molecule has 0 spiro atoms. The number of ether oxygens (including phenoxy) is 2. The zero-order valence-electron chi connectivity index (χ0n) is 9.28. The van der Waals surface area contributed by atoms with Crippen molar-refractivity contribution >= 4 is 11.9 Å². The van der Waals surface area contributed by atoms with E-state index in [2.05, 4.69) is 11.3 Å². The van der Waals surface area contributed by atoms with Crippen LogP contribution in [0.15, 0.2) is 24.8 Å². The van der Waals surface area contributed by atoms with Gasteiger partial charge in [0.1, 0.15) is 6.61 Å². The molecule has 0 saturated carbocycles. The molecule has 4 nitrogen and oxygen atoms in total. The Hall–Kier alpha value is -1.58. The predicted octanol–water partition coefficient (Wildman–Crippen LogP) is 1.47. The van der Waals surface area contributed by atoms with Gasteiger partial charge in [-0.1, -0.05) is 18.7 Å². The molecule has 0 aromatic heterocycles. The third-order valence-corrected chi connectivity index (χ3v) is 1.68. The summed E-state index contributed by atoms with van der Waals surface area (Å²) in [7, 11) is 1.30. The van der Waals surface area contributed by atoms with E-state index < -0.39 is 17.4 Å². The fourth-order valence-corrected chi connectivity index (χ4v) is 0.781. The summed E-state index contributed by atoms with van der Waals surface area (Å²) in [5, 5.41) is 0. The van der Waals surface area contributed by atoms with Crippen LogP contribution in [0.5, 0.6) is 0 Å². The minimum Gasteiger partial charge on any atom is -0.469 e. The average molecular weight is 212 g/mol. The van der Waals surface area contributed by atoms with Gasteiger partial charge in [-0.25, -0.2) is 4.79 Å². The molecule has 0 fully saturated rings. The maximum atomic E-state index is 11.2. The SMILES string of the molecule is C=C/C=C/C(=O)OCC(C)(C)C(=O)OC. The van der Waals surface area contributed by atoms with Crippen LogP contribution in [0.1, 0.15) is 13.8 Å². The second kappa shape index (κ2) is 6.01. The molecule has 0 aromatic rings. The molecular formula is C11H16O4. The summed E-state index contributed by atoms with van der Waals surface area (Å²) in [4.78, 5) is 22.3. The van der Waals surface area contributed by atoms with E-state index in [0.29, 0.717) is 0 Å². The fraction of sp³-hybridized carbons (Fsp3) is 0.455. The van der Waals surface area contributed by atoms with Gasteiger partial charge >= 0.3 is 11.9 Å². The Kier molecular flexibility index (Phi) is 5.37. The molecule has 0 unspecified atom stereocenters. The van der Waals surface area contributed by atoms with Crippen LogP contribution >= 0.6 is 0 Å². The third-order valence-electron chi connectivity index (χ3n) is 1.68. The van der Waals surface area contributed by atoms with Crippen LogP contribution in [0.2, 0.25) is 0 Å². The molecule has 0 saturated heterocycles. The maximum absolute atomic E-state index is 11.2. The van der Waals surface area contributed by atoms with Gasteiger partial charge in [0.2, 0.25) is 0 Å². The monoisotopic (exact) mass is 212 g/mol. The van der Waals surface area contributed by atoms with Gasteiger partial charge in [-0.05, 0) is 13.8 Å². The Labute approximate surface area is 89.6 Å². The largest absolute Gasteiger partial charge is 0.469 e. The molecule has 0 radical (unpaired) electrons. The zero-order valence-corrected chi connectivity index (χ0v) is 9.28. The van der Waals surface area contributed by atoms with Gasteiger partial charge in [-0.15, -0.1) is 0 Å². The van der Waals surface area contributed by atoms with Crippen LogP contribution < -0.4 is 0 Å². The summed E-state index contributed by atoms with van der Waals surface area (Å²) in [6.07, 6.45) is 4.17. The number of hydrogen-bond acceptors (Lipinski definition) is 4. The first-order valence-electron chi connectivity index (χ1n) is 4.48. The molecule has 0 aliphatic rings. The molecule has 0 bridgehead atoms. The highest BCUT2D eigenvalue weighted by Gasteiger charge is 2.30. The van der Waals surface area contributed by atoms with E-state index in [-0.39, 0.29) is 6.61 Å². The van der Waals surface area contributed by atoms with Crippen LogP contribution in [-0.4, -0.2) is 25.7 Å². The van der Waals surface area contributed by atoms with Crippen molar-refractivity contribution < 1.29 is 19.1 Å². The fourth-order valence-electron chi connectivity index (χ4n) is 0.781. The van der Waals surface area contributed by atoms with Crippen molar-refractivity contribution in [2.24, 2.45) is 5.41 Å². The summed E-state index contributed by atoms with van der Waals surface area (Å²) in [6.45, 7) is 6.68. The summed E-state index contributed by atoms with van der Waals surface area (Å²) in [5.74, 6) is -0.921. The van der Waals surface area contributed by atoms with Crippen molar-refractivity contribution in [1.29, 1.82) is 0 Å². The number of esters is 2. The lowest BCUT2D eigenvalue weighted by Crippen LogP contribution is -2.31. The normalized spacial score (nSPS) is 11.1. The van der Waals surface area contributed by atoms with Gasteiger partial charge in [-0.2, -0.15) is 0 Å². The number of allylic oxidation sites excluding steroid dienone is 2. The second-order valence-corrected chi connectivity index (χ2v) is 3.58. The van der Waals surface area contributed by atoms with Crippen LogP contribution in [0.3, 0.4) is 0 Å². The van der Waals surface area contributed by atoms with Crippen molar-refractivity contribution in [3.63, 3.8) is 0 Å². The van der Waals surface area contributed by atoms with E-state index >= 15 is 0 Å². The van der Waals surface area contributed by atoms with Gasteiger partial charge in [0.15, 0.2) is 0 Å². The average Bonchev–Trinajstić information content (AvgIpc) is 2.22. The van der Waals surface area contributed by atoms with E-state index in [1.807, 2.05) is 0 Å². The van der Waals surface area contributed by atoms with E-state index in [4.69, 9.17) is 4.74 Å². The summed E-state index contributed by atoms with van der Waals surface area (Å²) in [5.41, 5.74) is -0.827. The molecule has 0 aliphatic heterocycles. The van der Waals surface area contributed by atoms with Crippen LogP contribution in [-0.2, 0) is 19.1 Å². The Morgan fingerprint density at radius 3 is 2.47 bits per heavy atom. The standard InChI is InChI=1S/C11H16O4/c1-5-6-7-9(12)15-8-11(2,3)10(13)14-4/h5-7H,1,8H2,2-4H3/b7-6+. The topological polar surface area (TPSA) is 52.6 Å². The molecule has 0 rings (SSSR count). The smallest absolute Gasteiger partial charge is 0.330 e. The molecule has 4 heteroatoms. The summed E-state index contributed by atoms with van der Waals surface area (Å²) < 4.78 is 9.42. The Morgan fingerprint density at radius 1 is 1.40 bits per heavy atom. The minimum atomic E-state index is -0.827. The van der Waals surface area contributed by atoms with Gasteiger partial charge in [0, 0.05) is 6.08 Å². The molecule has 0 aromatic carbocycles. The Bertz CT molecular complexity index is 276. The molecule has 0 amide bonds. The minimum absolute atomic E-state index is 0.0139. The first-order chi connectivity index (χ1) is 6.94. The zero-order chi connectivity index (χ0) is 11.9. The highest BCUT2D eigenvalue weighted by molar-refractivity contribution is 5.83. The Morgan fingerprint density at radius 2 is 2.00 bits per heavy atom. The van der Waals surface area contributed by atoms with Gasteiger partial charge in [0.05, 0.1) is 12.5 Å². The highest BCUT2D eigenvalue weighted by atomic mass is 16.5. The molecule has 0 atom stereocenters. The maximum Gasteiger partial charge on any atom is 0.330 e. The third kappa shape index (κ3) is 5.00. The molecule has 84 valence electrons. The molecule has 15 heavy (non-hydrogen) atoms. The lowest BCUT2D eigenvalue weighted by atomic mass is 9.95. The van der Waals surface area contributed by atoms with Crippen molar-refractivity contribution in [1.82, 2.24) is 0 Å². The van der Waals surface area contributed by atoms with Gasteiger partial charge in [-0.3, -0.25) is 4.79 Å². The number of hydrogen-bond donors (Lipinski definition) is 0. The number of carbonyl (C=O) groups excluding carboxylic acids is 2. The first-order valence-corrected chi connectivity index (χ1v) is 4.48. The summed E-state index contributed by atoms with van der Waals surface area (Å²) in [6, 6.07) is 0. The van der Waals surface area contributed by atoms with E-state index in [1.165, 1.54) is 25.3 Å². The van der Waals surface area contributed by atoms with Crippen LogP contribution in [0.25, 0.3) is 0 Å². The van der Waals surface area contributed by atoms with Crippen molar-refractivity contribution in [3.05, 3.63) is 24.8 Å². The number of methoxy groups -OCH3 is 1. The lowest BCUT2D eigenvalue weighted by Gasteiger charge is -2.20. The van der Waals surface area contributed by atoms with Crippen LogP contribution in [0.4, 0.5) is 0 Å². The van der Waals surface area contributed by atoms with Crippen molar-refractivity contribution in [3.8, 4) is 0 Å². The first kappa shape index (κ1) is 13.4. The molecular weight excluding hydrogens is 196 g/mol. The highest BCUT2D eigenvalue weighted by Crippen LogP contribution is 2.17. The van der Waals surface area contributed by atoms with Crippen LogP contribution in [0, 0.1) is 5.41 Å². The quantitative estimate of drug-likeness (QED) is 0.393.